The summed E-state index contributed by atoms with van der Waals surface area (Å²) in [7, 11) is 0. The first kappa shape index (κ1) is 21.9. The average Bonchev–Trinajstić information content (AvgIpc) is 3.30. The molecule has 1 aromatic heterocycles. The Kier molecular flexibility index (Phi) is 5.81. The van der Waals surface area contributed by atoms with Gasteiger partial charge in [0.15, 0.2) is 0 Å². The van der Waals surface area contributed by atoms with Crippen LogP contribution in [-0.4, -0.2) is 59.7 Å². The second-order valence-electron chi connectivity index (χ2n) is 11.0. The van der Waals surface area contributed by atoms with Gasteiger partial charge < -0.3 is 15.1 Å². The van der Waals surface area contributed by atoms with Gasteiger partial charge >= 0.3 is 0 Å². The topological polar surface area (TPSA) is 69.7 Å². The van der Waals surface area contributed by atoms with Crippen molar-refractivity contribution in [3.05, 3.63) is 22.4 Å². The van der Waals surface area contributed by atoms with Crippen LogP contribution in [0.2, 0.25) is 0 Å². The van der Waals surface area contributed by atoms with Crippen molar-refractivity contribution in [1.29, 1.82) is 0 Å². The van der Waals surface area contributed by atoms with Gasteiger partial charge in [0.2, 0.25) is 11.8 Å². The van der Waals surface area contributed by atoms with Crippen molar-refractivity contribution in [1.82, 2.24) is 15.1 Å². The fourth-order valence-corrected chi connectivity index (χ4v) is 7.77. The molecule has 0 spiro atoms. The average molecular weight is 458 g/mol. The molecular weight excluding hydrogens is 422 g/mol. The van der Waals surface area contributed by atoms with E-state index in [-0.39, 0.29) is 29.1 Å². The smallest absolute Gasteiger partial charge is 0.264 e. The van der Waals surface area contributed by atoms with Crippen LogP contribution in [0, 0.1) is 29.1 Å². The van der Waals surface area contributed by atoms with Crippen molar-refractivity contribution < 1.29 is 14.4 Å². The lowest BCUT2D eigenvalue weighted by atomic mass is 9.49. The molecule has 174 valence electrons. The summed E-state index contributed by atoms with van der Waals surface area (Å²) in [6.07, 6.45) is 6.92. The lowest BCUT2D eigenvalue weighted by molar-refractivity contribution is -0.151. The van der Waals surface area contributed by atoms with Crippen LogP contribution in [0.15, 0.2) is 17.5 Å². The molecule has 2 heterocycles. The number of thiophene rings is 1. The first-order chi connectivity index (χ1) is 15.3. The lowest BCUT2D eigenvalue weighted by Crippen LogP contribution is -2.60. The van der Waals surface area contributed by atoms with Gasteiger partial charge in [0.1, 0.15) is 6.04 Å². The SMILES string of the molecule is CC(C)C(NC(=O)C12CC3CC(CC(C3)C1)C2)C(=O)N1CCN(C(=O)c2cccs2)CC1. The minimum absolute atomic E-state index is 0.00120. The number of piperazine rings is 1. The fraction of sp³-hybridized carbons (Fsp3) is 0.720. The van der Waals surface area contributed by atoms with Crippen molar-refractivity contribution in [3.8, 4) is 0 Å². The highest BCUT2D eigenvalue weighted by Crippen LogP contribution is 2.60. The molecule has 7 heteroatoms. The summed E-state index contributed by atoms with van der Waals surface area (Å²) in [6, 6.07) is 3.24. The molecule has 1 aliphatic heterocycles. The van der Waals surface area contributed by atoms with Crippen LogP contribution in [0.5, 0.6) is 0 Å². The molecule has 32 heavy (non-hydrogen) atoms. The normalized spacial score (nSPS) is 32.3. The maximum atomic E-state index is 13.5. The quantitative estimate of drug-likeness (QED) is 0.737. The minimum atomic E-state index is -0.491. The number of carbonyl (C=O) groups excluding carboxylic acids is 3. The van der Waals surface area contributed by atoms with E-state index in [1.54, 1.807) is 0 Å². The van der Waals surface area contributed by atoms with Gasteiger partial charge in [0.05, 0.1) is 4.88 Å². The van der Waals surface area contributed by atoms with Gasteiger partial charge in [0.25, 0.3) is 5.91 Å². The highest BCUT2D eigenvalue weighted by atomic mass is 32.1. The molecule has 0 aromatic carbocycles. The molecule has 3 amide bonds. The van der Waals surface area contributed by atoms with Crippen LogP contribution in [-0.2, 0) is 9.59 Å². The van der Waals surface area contributed by atoms with Crippen molar-refractivity contribution in [2.24, 2.45) is 29.1 Å². The number of hydrogen-bond acceptors (Lipinski definition) is 4. The molecule has 6 rings (SSSR count). The number of nitrogens with zero attached hydrogens (tertiary/aromatic N) is 2. The molecule has 4 aliphatic carbocycles. The minimum Gasteiger partial charge on any atom is -0.344 e. The third-order valence-corrected chi connectivity index (χ3v) is 9.21. The van der Waals surface area contributed by atoms with Gasteiger partial charge in [-0.15, -0.1) is 11.3 Å². The van der Waals surface area contributed by atoms with Gasteiger partial charge in [-0.2, -0.15) is 0 Å². The Labute approximate surface area is 194 Å². The summed E-state index contributed by atoms with van der Waals surface area (Å²) < 4.78 is 0. The molecular formula is C25H35N3O3S. The Balaban J connectivity index is 1.21. The maximum Gasteiger partial charge on any atom is 0.264 e. The van der Waals surface area contributed by atoms with E-state index >= 15 is 0 Å². The van der Waals surface area contributed by atoms with E-state index in [1.807, 2.05) is 41.2 Å². The second-order valence-corrected chi connectivity index (χ2v) is 11.9. The van der Waals surface area contributed by atoms with Crippen LogP contribution in [0.4, 0.5) is 0 Å². The lowest BCUT2D eigenvalue weighted by Gasteiger charge is -2.56. The fourth-order valence-electron chi connectivity index (χ4n) is 7.08. The summed E-state index contributed by atoms with van der Waals surface area (Å²) in [5.41, 5.74) is -0.242. The van der Waals surface area contributed by atoms with Crippen LogP contribution in [0.1, 0.15) is 62.0 Å². The molecule has 4 saturated carbocycles. The number of amides is 3. The maximum absolute atomic E-state index is 13.5. The molecule has 1 atom stereocenters. The monoisotopic (exact) mass is 457 g/mol. The number of rotatable bonds is 5. The molecule has 1 saturated heterocycles. The second kappa shape index (κ2) is 8.47. The summed E-state index contributed by atoms with van der Waals surface area (Å²) in [6.45, 7) is 6.14. The molecule has 5 fully saturated rings. The summed E-state index contributed by atoms with van der Waals surface area (Å²) >= 11 is 1.45. The molecule has 4 bridgehead atoms. The van der Waals surface area contributed by atoms with Crippen molar-refractivity contribution in [3.63, 3.8) is 0 Å². The largest absolute Gasteiger partial charge is 0.344 e. The standard InChI is InChI=1S/C25H35N3O3S/c1-16(2)21(26-24(31)25-13-17-10-18(14-25)12-19(11-17)15-25)23(30)28-7-5-27(6-8-28)22(29)20-4-3-9-32-20/h3-4,9,16-19,21H,5-8,10-15H2,1-2H3,(H,26,31). The predicted octanol–water partition coefficient (Wildman–Crippen LogP) is 3.39. The van der Waals surface area contributed by atoms with Crippen molar-refractivity contribution in [2.45, 2.75) is 58.4 Å². The van der Waals surface area contributed by atoms with E-state index in [0.29, 0.717) is 43.9 Å². The van der Waals surface area contributed by atoms with E-state index in [1.165, 1.54) is 30.6 Å². The molecule has 6 nitrogen and oxygen atoms in total. The van der Waals surface area contributed by atoms with Crippen LogP contribution >= 0.6 is 11.3 Å². The summed E-state index contributed by atoms with van der Waals surface area (Å²) in [5, 5.41) is 5.13. The number of hydrogen-bond donors (Lipinski definition) is 1. The number of carbonyl (C=O) groups is 3. The van der Waals surface area contributed by atoms with Crippen LogP contribution < -0.4 is 5.32 Å². The van der Waals surface area contributed by atoms with E-state index in [0.717, 1.165) is 24.1 Å². The highest BCUT2D eigenvalue weighted by Gasteiger charge is 2.55. The van der Waals surface area contributed by atoms with E-state index in [9.17, 15) is 14.4 Å². The van der Waals surface area contributed by atoms with Crippen molar-refractivity contribution >= 4 is 29.1 Å². The number of nitrogens with one attached hydrogen (secondary N) is 1. The van der Waals surface area contributed by atoms with E-state index in [4.69, 9.17) is 0 Å². The Hall–Kier alpha value is -1.89. The van der Waals surface area contributed by atoms with E-state index in [2.05, 4.69) is 5.32 Å². The Bertz CT molecular complexity index is 838. The Morgan fingerprint density at radius 2 is 1.53 bits per heavy atom. The van der Waals surface area contributed by atoms with Gasteiger partial charge in [-0.3, -0.25) is 14.4 Å². The zero-order valence-electron chi connectivity index (χ0n) is 19.2. The molecule has 1 aromatic rings. The van der Waals surface area contributed by atoms with Gasteiger partial charge in [-0.05, 0) is 73.6 Å². The van der Waals surface area contributed by atoms with Crippen molar-refractivity contribution in [2.75, 3.05) is 26.2 Å². The molecule has 0 radical (unpaired) electrons. The van der Waals surface area contributed by atoms with Gasteiger partial charge in [0, 0.05) is 31.6 Å². The Morgan fingerprint density at radius 3 is 2.03 bits per heavy atom. The molecule has 5 aliphatic rings. The highest BCUT2D eigenvalue weighted by molar-refractivity contribution is 7.12. The van der Waals surface area contributed by atoms with Crippen LogP contribution in [0.25, 0.3) is 0 Å². The van der Waals surface area contributed by atoms with Gasteiger partial charge in [-0.25, -0.2) is 0 Å². The molecule has 1 N–H and O–H groups in total. The third-order valence-electron chi connectivity index (χ3n) is 8.35. The Morgan fingerprint density at radius 1 is 0.969 bits per heavy atom. The predicted molar refractivity (Wildman–Crippen MR) is 124 cm³/mol. The van der Waals surface area contributed by atoms with Gasteiger partial charge in [-0.1, -0.05) is 19.9 Å². The third kappa shape index (κ3) is 3.97. The molecule has 1 unspecified atom stereocenters. The van der Waals surface area contributed by atoms with Crippen LogP contribution in [0.3, 0.4) is 0 Å². The zero-order chi connectivity index (χ0) is 22.5. The summed E-state index contributed by atoms with van der Waals surface area (Å²) in [5.74, 6) is 2.31. The zero-order valence-corrected chi connectivity index (χ0v) is 20.0. The van der Waals surface area contributed by atoms with E-state index < -0.39 is 6.04 Å². The first-order valence-corrected chi connectivity index (χ1v) is 13.1. The summed E-state index contributed by atoms with van der Waals surface area (Å²) in [4.78, 5) is 44.0. The first-order valence-electron chi connectivity index (χ1n) is 12.3.